The molecule has 0 saturated heterocycles. The third kappa shape index (κ3) is 2.60. The maximum absolute atomic E-state index is 9.19. The molecule has 0 fully saturated rings. The van der Waals surface area contributed by atoms with Gasteiger partial charge in [0.15, 0.2) is 11.5 Å². The molecule has 17 heavy (non-hydrogen) atoms. The standard InChI is InChI=1S/C13H17NO3/c1-9(15)6-7-16-13-10-4-2-3-5-11(10)17-12(13)8-14/h2-5,9,15H,6-8,14H2,1H3. The van der Waals surface area contributed by atoms with E-state index < -0.39 is 0 Å². The molecular formula is C13H17NO3. The summed E-state index contributed by atoms with van der Waals surface area (Å²) < 4.78 is 11.3. The quantitative estimate of drug-likeness (QED) is 0.832. The largest absolute Gasteiger partial charge is 0.489 e. The van der Waals surface area contributed by atoms with Crippen molar-refractivity contribution < 1.29 is 14.3 Å². The number of aliphatic hydroxyl groups excluding tert-OH is 1. The lowest BCUT2D eigenvalue weighted by Gasteiger charge is -2.07. The van der Waals surface area contributed by atoms with Gasteiger partial charge in [-0.25, -0.2) is 0 Å². The van der Waals surface area contributed by atoms with Crippen LogP contribution in [0.5, 0.6) is 5.75 Å². The Labute approximate surface area is 100.0 Å². The van der Waals surface area contributed by atoms with Gasteiger partial charge in [0.25, 0.3) is 0 Å². The highest BCUT2D eigenvalue weighted by Crippen LogP contribution is 2.32. The summed E-state index contributed by atoms with van der Waals surface area (Å²) in [6.45, 7) is 2.49. The summed E-state index contributed by atoms with van der Waals surface area (Å²) in [5, 5.41) is 10.1. The van der Waals surface area contributed by atoms with E-state index in [2.05, 4.69) is 0 Å². The molecule has 1 aromatic heterocycles. The second-order valence-corrected chi connectivity index (χ2v) is 4.04. The number of benzene rings is 1. The molecule has 1 aromatic carbocycles. The molecule has 0 saturated carbocycles. The van der Waals surface area contributed by atoms with Gasteiger partial charge in [0.2, 0.25) is 0 Å². The second-order valence-electron chi connectivity index (χ2n) is 4.04. The van der Waals surface area contributed by atoms with Crippen LogP contribution in [0.3, 0.4) is 0 Å². The molecule has 1 atom stereocenters. The van der Waals surface area contributed by atoms with Crippen molar-refractivity contribution >= 4 is 11.0 Å². The Morgan fingerprint density at radius 1 is 1.41 bits per heavy atom. The zero-order valence-corrected chi connectivity index (χ0v) is 9.85. The van der Waals surface area contributed by atoms with Crippen LogP contribution >= 0.6 is 0 Å². The summed E-state index contributed by atoms with van der Waals surface area (Å²) in [6, 6.07) is 7.66. The third-order valence-corrected chi connectivity index (χ3v) is 2.59. The van der Waals surface area contributed by atoms with E-state index >= 15 is 0 Å². The highest BCUT2D eigenvalue weighted by molar-refractivity contribution is 5.85. The number of hydrogen-bond acceptors (Lipinski definition) is 4. The predicted molar refractivity (Wildman–Crippen MR) is 65.9 cm³/mol. The first-order valence-electron chi connectivity index (χ1n) is 5.73. The number of nitrogens with two attached hydrogens (primary N) is 1. The van der Waals surface area contributed by atoms with Crippen LogP contribution in [0.15, 0.2) is 28.7 Å². The van der Waals surface area contributed by atoms with E-state index in [4.69, 9.17) is 14.9 Å². The van der Waals surface area contributed by atoms with Crippen LogP contribution in [0.25, 0.3) is 11.0 Å². The Hall–Kier alpha value is -1.52. The SMILES string of the molecule is CC(O)CCOc1c(CN)oc2ccccc12. The van der Waals surface area contributed by atoms with Gasteiger partial charge in [-0.2, -0.15) is 0 Å². The van der Waals surface area contributed by atoms with E-state index in [1.165, 1.54) is 0 Å². The Balaban J connectivity index is 2.24. The zero-order valence-electron chi connectivity index (χ0n) is 9.85. The van der Waals surface area contributed by atoms with Gasteiger partial charge in [-0.1, -0.05) is 12.1 Å². The molecule has 3 N–H and O–H groups in total. The van der Waals surface area contributed by atoms with Gasteiger partial charge in [0.1, 0.15) is 5.58 Å². The summed E-state index contributed by atoms with van der Waals surface area (Å²) in [5.41, 5.74) is 6.40. The highest BCUT2D eigenvalue weighted by Gasteiger charge is 2.13. The average Bonchev–Trinajstić information content (AvgIpc) is 2.67. The van der Waals surface area contributed by atoms with Gasteiger partial charge in [0.05, 0.1) is 24.6 Å². The first-order chi connectivity index (χ1) is 8.22. The van der Waals surface area contributed by atoms with E-state index in [-0.39, 0.29) is 6.10 Å². The Morgan fingerprint density at radius 2 is 2.18 bits per heavy atom. The number of ether oxygens (including phenoxy) is 1. The molecule has 2 aromatic rings. The van der Waals surface area contributed by atoms with E-state index in [0.717, 1.165) is 11.0 Å². The van der Waals surface area contributed by atoms with Crippen molar-refractivity contribution in [3.05, 3.63) is 30.0 Å². The maximum Gasteiger partial charge on any atom is 0.169 e. The average molecular weight is 235 g/mol. The van der Waals surface area contributed by atoms with E-state index in [0.29, 0.717) is 31.1 Å². The molecule has 0 aliphatic heterocycles. The summed E-state index contributed by atoms with van der Waals surface area (Å²) in [4.78, 5) is 0. The van der Waals surface area contributed by atoms with Crippen molar-refractivity contribution in [3.8, 4) is 5.75 Å². The normalized spacial score (nSPS) is 12.9. The highest BCUT2D eigenvalue weighted by atomic mass is 16.5. The monoisotopic (exact) mass is 235 g/mol. The molecule has 92 valence electrons. The minimum atomic E-state index is -0.366. The molecule has 0 amide bonds. The molecule has 0 aliphatic rings. The van der Waals surface area contributed by atoms with Gasteiger partial charge in [0, 0.05) is 6.42 Å². The van der Waals surface area contributed by atoms with Crippen molar-refractivity contribution in [2.75, 3.05) is 6.61 Å². The van der Waals surface area contributed by atoms with Crippen LogP contribution in [0.1, 0.15) is 19.1 Å². The van der Waals surface area contributed by atoms with Gasteiger partial charge in [-0.05, 0) is 19.1 Å². The number of rotatable bonds is 5. The first-order valence-corrected chi connectivity index (χ1v) is 5.73. The lowest BCUT2D eigenvalue weighted by atomic mass is 10.2. The topological polar surface area (TPSA) is 68.6 Å². The van der Waals surface area contributed by atoms with Crippen molar-refractivity contribution in [3.63, 3.8) is 0 Å². The lowest BCUT2D eigenvalue weighted by Crippen LogP contribution is -2.08. The molecule has 2 rings (SSSR count). The van der Waals surface area contributed by atoms with Crippen LogP contribution in [-0.4, -0.2) is 17.8 Å². The van der Waals surface area contributed by atoms with Crippen LogP contribution in [-0.2, 0) is 6.54 Å². The summed E-state index contributed by atoms with van der Waals surface area (Å²) in [5.74, 6) is 1.35. The molecule has 1 heterocycles. The maximum atomic E-state index is 9.19. The van der Waals surface area contributed by atoms with Crippen molar-refractivity contribution in [2.45, 2.75) is 26.0 Å². The molecule has 4 heteroatoms. The number of hydrogen-bond donors (Lipinski definition) is 2. The number of furan rings is 1. The molecule has 0 spiro atoms. The number of para-hydroxylation sites is 1. The van der Waals surface area contributed by atoms with Crippen LogP contribution in [0, 0.1) is 0 Å². The van der Waals surface area contributed by atoms with Gasteiger partial charge in [-0.15, -0.1) is 0 Å². The fourth-order valence-electron chi connectivity index (χ4n) is 1.70. The van der Waals surface area contributed by atoms with Gasteiger partial charge in [-0.3, -0.25) is 0 Å². The van der Waals surface area contributed by atoms with Crippen molar-refractivity contribution in [2.24, 2.45) is 5.73 Å². The van der Waals surface area contributed by atoms with Crippen LogP contribution in [0.4, 0.5) is 0 Å². The smallest absolute Gasteiger partial charge is 0.169 e. The molecule has 1 unspecified atom stereocenters. The minimum absolute atomic E-state index is 0.304. The fraction of sp³-hybridized carbons (Fsp3) is 0.385. The van der Waals surface area contributed by atoms with E-state index in [1.807, 2.05) is 24.3 Å². The molecule has 0 aliphatic carbocycles. The van der Waals surface area contributed by atoms with Gasteiger partial charge < -0.3 is 20.0 Å². The zero-order chi connectivity index (χ0) is 12.3. The third-order valence-electron chi connectivity index (χ3n) is 2.59. The summed E-state index contributed by atoms with van der Waals surface area (Å²) >= 11 is 0. The predicted octanol–water partition coefficient (Wildman–Crippen LogP) is 2.04. The first kappa shape index (κ1) is 12.0. The Bertz CT molecular complexity index is 490. The molecule has 4 nitrogen and oxygen atoms in total. The van der Waals surface area contributed by atoms with Crippen LogP contribution in [0.2, 0.25) is 0 Å². The van der Waals surface area contributed by atoms with Crippen LogP contribution < -0.4 is 10.5 Å². The fourth-order valence-corrected chi connectivity index (χ4v) is 1.70. The number of fused-ring (bicyclic) bond motifs is 1. The molecule has 0 radical (unpaired) electrons. The molecular weight excluding hydrogens is 218 g/mol. The minimum Gasteiger partial charge on any atom is -0.489 e. The Kier molecular flexibility index (Phi) is 3.66. The molecule has 0 bridgehead atoms. The summed E-state index contributed by atoms with van der Waals surface area (Å²) in [6.07, 6.45) is 0.221. The van der Waals surface area contributed by atoms with E-state index in [1.54, 1.807) is 6.92 Å². The number of aliphatic hydroxyl groups is 1. The second kappa shape index (κ2) is 5.21. The van der Waals surface area contributed by atoms with E-state index in [9.17, 15) is 5.11 Å². The summed E-state index contributed by atoms with van der Waals surface area (Å²) in [7, 11) is 0. The van der Waals surface area contributed by atoms with Crippen molar-refractivity contribution in [1.29, 1.82) is 0 Å². The van der Waals surface area contributed by atoms with Crippen molar-refractivity contribution in [1.82, 2.24) is 0 Å². The lowest BCUT2D eigenvalue weighted by molar-refractivity contribution is 0.155. The Morgan fingerprint density at radius 3 is 2.88 bits per heavy atom. The van der Waals surface area contributed by atoms with Gasteiger partial charge >= 0.3 is 0 Å².